The van der Waals surface area contributed by atoms with Gasteiger partial charge in [-0.05, 0) is 32.1 Å². The van der Waals surface area contributed by atoms with Gasteiger partial charge in [-0.15, -0.1) is 0 Å². The first kappa shape index (κ1) is 16.6. The lowest BCUT2D eigenvalue weighted by atomic mass is 10.0. The van der Waals surface area contributed by atoms with Crippen LogP contribution in [0.4, 0.5) is 18.9 Å². The molecule has 122 valence electrons. The first-order valence-electron chi connectivity index (χ1n) is 6.54. The van der Waals surface area contributed by atoms with E-state index in [0.717, 1.165) is 18.2 Å². The van der Waals surface area contributed by atoms with Gasteiger partial charge in [-0.2, -0.15) is 13.2 Å². The van der Waals surface area contributed by atoms with E-state index in [2.05, 4.69) is 4.98 Å². The van der Waals surface area contributed by atoms with E-state index < -0.39 is 23.4 Å². The summed E-state index contributed by atoms with van der Waals surface area (Å²) in [5.74, 6) is -0.772. The van der Waals surface area contributed by atoms with Crippen molar-refractivity contribution < 1.29 is 23.1 Å². The topological polar surface area (TPSA) is 81.1 Å². The first-order valence-corrected chi connectivity index (χ1v) is 6.54. The fraction of sp³-hybridized carbons (Fsp3) is 0.200. The summed E-state index contributed by atoms with van der Waals surface area (Å²) in [5, 5.41) is 8.66. The molecule has 3 N–H and O–H groups in total. The molecule has 1 heterocycles. The van der Waals surface area contributed by atoms with Gasteiger partial charge in [-0.25, -0.2) is 9.78 Å². The van der Waals surface area contributed by atoms with Crippen molar-refractivity contribution in [3.8, 4) is 5.69 Å². The third-order valence-corrected chi connectivity index (χ3v) is 3.19. The van der Waals surface area contributed by atoms with Gasteiger partial charge < -0.3 is 15.4 Å². The number of aliphatic carboxylic acids is 1. The molecule has 0 aliphatic carbocycles. The number of halogens is 3. The number of carboxylic acid groups (broad SMARTS) is 1. The zero-order valence-electron chi connectivity index (χ0n) is 12.3. The van der Waals surface area contributed by atoms with Crippen molar-refractivity contribution in [1.82, 2.24) is 9.55 Å². The highest BCUT2D eigenvalue weighted by atomic mass is 19.4. The smallest absolute Gasteiger partial charge is 0.418 e. The third-order valence-electron chi connectivity index (χ3n) is 3.19. The molecule has 0 fully saturated rings. The molecule has 0 amide bonds. The highest BCUT2D eigenvalue weighted by molar-refractivity contribution is 5.87. The molecular weight excluding hydrogens is 311 g/mol. The molecule has 0 aliphatic rings. The predicted molar refractivity (Wildman–Crippen MR) is 79.1 cm³/mol. The van der Waals surface area contributed by atoms with E-state index in [1.165, 1.54) is 10.6 Å². The number of nitrogen functional groups attached to an aromatic ring is 1. The van der Waals surface area contributed by atoms with E-state index in [0.29, 0.717) is 11.5 Å². The van der Waals surface area contributed by atoms with E-state index >= 15 is 0 Å². The molecule has 0 bridgehead atoms. The molecule has 1 aromatic heterocycles. The Morgan fingerprint density at radius 3 is 2.48 bits per heavy atom. The van der Waals surface area contributed by atoms with Crippen LogP contribution in [-0.4, -0.2) is 20.6 Å². The molecular formula is C15H14F3N3O2. The Morgan fingerprint density at radius 2 is 2.00 bits per heavy atom. The molecule has 1 aromatic carbocycles. The van der Waals surface area contributed by atoms with Crippen molar-refractivity contribution in [3.05, 3.63) is 47.1 Å². The summed E-state index contributed by atoms with van der Waals surface area (Å²) in [5.41, 5.74) is 4.84. The van der Waals surface area contributed by atoms with Crippen molar-refractivity contribution in [2.45, 2.75) is 20.0 Å². The maximum Gasteiger partial charge on any atom is 0.418 e. The van der Waals surface area contributed by atoms with Gasteiger partial charge in [-0.1, -0.05) is 0 Å². The Bertz CT molecular complexity index is 792. The normalized spacial score (nSPS) is 12.0. The summed E-state index contributed by atoms with van der Waals surface area (Å²) in [6, 6.07) is 2.31. The van der Waals surface area contributed by atoms with Crippen LogP contribution in [0.15, 0.2) is 24.4 Å². The summed E-state index contributed by atoms with van der Waals surface area (Å²) in [4.78, 5) is 14.8. The average molecular weight is 325 g/mol. The molecule has 2 rings (SSSR count). The van der Waals surface area contributed by atoms with Crippen LogP contribution in [0.25, 0.3) is 11.8 Å². The number of carbonyl (C=O) groups is 1. The molecule has 0 radical (unpaired) electrons. The second kappa shape index (κ2) is 5.79. The van der Waals surface area contributed by atoms with E-state index in [4.69, 9.17) is 10.8 Å². The number of aryl methyl sites for hydroxylation is 2. The summed E-state index contributed by atoms with van der Waals surface area (Å²) in [6.45, 7) is 3.38. The molecule has 0 saturated heterocycles. The highest BCUT2D eigenvalue weighted by Crippen LogP contribution is 2.37. The third kappa shape index (κ3) is 3.53. The van der Waals surface area contributed by atoms with Crippen LogP contribution in [-0.2, 0) is 11.0 Å². The number of rotatable bonds is 3. The monoisotopic (exact) mass is 325 g/mol. The minimum atomic E-state index is -4.66. The second-order valence-corrected chi connectivity index (χ2v) is 4.97. The number of carboxylic acids is 1. The molecule has 0 atom stereocenters. The van der Waals surface area contributed by atoms with Crippen LogP contribution in [0.2, 0.25) is 0 Å². The van der Waals surface area contributed by atoms with Gasteiger partial charge in [0.05, 0.1) is 16.9 Å². The molecule has 23 heavy (non-hydrogen) atoms. The van der Waals surface area contributed by atoms with Gasteiger partial charge in [0, 0.05) is 23.5 Å². The number of imidazole rings is 1. The number of alkyl halides is 3. The molecule has 2 aromatic rings. The number of nitrogens with zero attached hydrogens (tertiary/aromatic N) is 2. The molecule has 0 unspecified atom stereocenters. The summed E-state index contributed by atoms with van der Waals surface area (Å²) < 4.78 is 41.0. The fourth-order valence-electron chi connectivity index (χ4n) is 2.21. The van der Waals surface area contributed by atoms with Crippen LogP contribution < -0.4 is 5.73 Å². The van der Waals surface area contributed by atoms with Crippen molar-refractivity contribution in [2.75, 3.05) is 5.73 Å². The SMILES string of the molecule is Cc1cn(-c2cc(/C=C/C(=O)O)c(N)c(C(F)(F)F)c2)c(C)n1. The van der Waals surface area contributed by atoms with Gasteiger partial charge in [-0.3, -0.25) is 0 Å². The lowest BCUT2D eigenvalue weighted by molar-refractivity contribution is -0.137. The standard InChI is InChI=1S/C15H14F3N3O2/c1-8-7-21(9(2)20-8)11-5-10(3-4-13(22)23)14(19)12(6-11)15(16,17)18/h3-7H,19H2,1-2H3,(H,22,23)/b4-3+. The summed E-state index contributed by atoms with van der Waals surface area (Å²) in [6.07, 6.45) is -1.29. The summed E-state index contributed by atoms with van der Waals surface area (Å²) >= 11 is 0. The van der Waals surface area contributed by atoms with Crippen LogP contribution in [0, 0.1) is 13.8 Å². The van der Waals surface area contributed by atoms with Crippen molar-refractivity contribution in [1.29, 1.82) is 0 Å². The van der Waals surface area contributed by atoms with Gasteiger partial charge in [0.15, 0.2) is 0 Å². The Balaban J connectivity index is 2.71. The molecule has 0 spiro atoms. The van der Waals surface area contributed by atoms with E-state index in [1.54, 1.807) is 20.0 Å². The lowest BCUT2D eigenvalue weighted by Crippen LogP contribution is -2.12. The first-order chi connectivity index (χ1) is 10.6. The molecule has 5 nitrogen and oxygen atoms in total. The number of hydrogen-bond donors (Lipinski definition) is 2. The molecule has 0 saturated carbocycles. The zero-order valence-corrected chi connectivity index (χ0v) is 12.3. The predicted octanol–water partition coefficient (Wildman–Crippen LogP) is 3.19. The van der Waals surface area contributed by atoms with Gasteiger partial charge >= 0.3 is 12.1 Å². The van der Waals surface area contributed by atoms with E-state index in [1.807, 2.05) is 0 Å². The summed E-state index contributed by atoms with van der Waals surface area (Å²) in [7, 11) is 0. The largest absolute Gasteiger partial charge is 0.478 e. The minimum Gasteiger partial charge on any atom is -0.478 e. The average Bonchev–Trinajstić information content (AvgIpc) is 2.75. The number of anilines is 1. The van der Waals surface area contributed by atoms with E-state index in [9.17, 15) is 18.0 Å². The number of hydrogen-bond acceptors (Lipinski definition) is 3. The number of nitrogens with two attached hydrogens (primary N) is 1. The van der Waals surface area contributed by atoms with Gasteiger partial charge in [0.25, 0.3) is 0 Å². The van der Waals surface area contributed by atoms with Crippen molar-refractivity contribution >= 4 is 17.7 Å². The maximum atomic E-state index is 13.2. The molecule has 8 heteroatoms. The Hall–Kier alpha value is -2.77. The van der Waals surface area contributed by atoms with E-state index in [-0.39, 0.29) is 11.3 Å². The van der Waals surface area contributed by atoms with Crippen LogP contribution >= 0.6 is 0 Å². The Labute approximate surface area is 129 Å². The number of aromatic nitrogens is 2. The Kier molecular flexibility index (Phi) is 4.18. The Morgan fingerprint density at radius 1 is 1.35 bits per heavy atom. The minimum absolute atomic E-state index is 0.0250. The van der Waals surface area contributed by atoms with Crippen LogP contribution in [0.1, 0.15) is 22.6 Å². The molecule has 0 aliphatic heterocycles. The van der Waals surface area contributed by atoms with Gasteiger partial charge in [0.2, 0.25) is 0 Å². The lowest BCUT2D eigenvalue weighted by Gasteiger charge is -2.15. The van der Waals surface area contributed by atoms with Crippen LogP contribution in [0.5, 0.6) is 0 Å². The second-order valence-electron chi connectivity index (χ2n) is 4.97. The van der Waals surface area contributed by atoms with Crippen LogP contribution in [0.3, 0.4) is 0 Å². The van der Waals surface area contributed by atoms with Crippen molar-refractivity contribution in [2.24, 2.45) is 0 Å². The quantitative estimate of drug-likeness (QED) is 0.671. The van der Waals surface area contributed by atoms with Gasteiger partial charge in [0.1, 0.15) is 5.82 Å². The number of benzene rings is 1. The zero-order chi connectivity index (χ0) is 17.4. The fourth-order valence-corrected chi connectivity index (χ4v) is 2.21. The van der Waals surface area contributed by atoms with Crippen molar-refractivity contribution in [3.63, 3.8) is 0 Å². The highest BCUT2D eigenvalue weighted by Gasteiger charge is 2.34. The maximum absolute atomic E-state index is 13.2.